The Kier molecular flexibility index (Phi) is 4.82. The highest BCUT2D eigenvalue weighted by molar-refractivity contribution is 6.30. The van der Waals surface area contributed by atoms with Crippen LogP contribution in [-0.4, -0.2) is 18.2 Å². The van der Waals surface area contributed by atoms with E-state index in [9.17, 15) is 4.79 Å². The van der Waals surface area contributed by atoms with Gasteiger partial charge in [-0.1, -0.05) is 11.6 Å². The van der Waals surface area contributed by atoms with Crippen molar-refractivity contribution in [1.82, 2.24) is 0 Å². The molecule has 1 atom stereocenters. The highest BCUT2D eigenvalue weighted by atomic mass is 35.5. The minimum atomic E-state index is -0.628. The number of carbonyl (C=O) groups excluding carboxylic acids is 1. The van der Waals surface area contributed by atoms with Crippen molar-refractivity contribution in [2.75, 3.05) is 0 Å². The Balaban J connectivity index is 2.67. The number of aryl methyl sites for hydroxylation is 1. The van der Waals surface area contributed by atoms with Crippen LogP contribution >= 0.6 is 11.6 Å². The third kappa shape index (κ3) is 4.27. The van der Waals surface area contributed by atoms with Crippen LogP contribution in [0, 0.1) is 6.92 Å². The number of hydrogen-bond donors (Lipinski definition) is 0. The van der Waals surface area contributed by atoms with E-state index in [-0.39, 0.29) is 12.1 Å². The van der Waals surface area contributed by atoms with Crippen molar-refractivity contribution in [3.05, 3.63) is 28.8 Å². The van der Waals surface area contributed by atoms with Crippen LogP contribution in [0.25, 0.3) is 0 Å². The fourth-order valence-electron chi connectivity index (χ4n) is 1.31. The molecule has 0 amide bonds. The average Bonchev–Trinajstić information content (AvgIpc) is 2.21. The summed E-state index contributed by atoms with van der Waals surface area (Å²) >= 11 is 5.84. The van der Waals surface area contributed by atoms with E-state index in [2.05, 4.69) is 0 Å². The van der Waals surface area contributed by atoms with Crippen molar-refractivity contribution in [1.29, 1.82) is 0 Å². The minimum Gasteiger partial charge on any atom is -0.479 e. The maximum absolute atomic E-state index is 11.6. The van der Waals surface area contributed by atoms with Crippen LogP contribution < -0.4 is 4.74 Å². The summed E-state index contributed by atoms with van der Waals surface area (Å²) < 4.78 is 10.6. The maximum atomic E-state index is 11.6. The van der Waals surface area contributed by atoms with Gasteiger partial charge in [0.05, 0.1) is 6.10 Å². The largest absolute Gasteiger partial charge is 0.479 e. The molecule has 0 saturated carbocycles. The number of hydrogen-bond acceptors (Lipinski definition) is 3. The minimum absolute atomic E-state index is 0.139. The smallest absolute Gasteiger partial charge is 0.347 e. The fraction of sp³-hybridized carbons (Fsp3) is 0.462. The van der Waals surface area contributed by atoms with Gasteiger partial charge in [0, 0.05) is 5.02 Å². The lowest BCUT2D eigenvalue weighted by Crippen LogP contribution is -2.28. The molecule has 0 spiro atoms. The van der Waals surface area contributed by atoms with E-state index < -0.39 is 6.10 Å². The Hall–Kier alpha value is -1.22. The van der Waals surface area contributed by atoms with E-state index in [0.717, 1.165) is 5.56 Å². The van der Waals surface area contributed by atoms with Gasteiger partial charge in [0.25, 0.3) is 0 Å². The second kappa shape index (κ2) is 5.92. The zero-order chi connectivity index (χ0) is 13.0. The lowest BCUT2D eigenvalue weighted by molar-refractivity contribution is -0.154. The number of rotatable bonds is 4. The zero-order valence-electron chi connectivity index (χ0n) is 10.5. The molecule has 0 aromatic heterocycles. The molecule has 0 bridgehead atoms. The third-order valence-electron chi connectivity index (χ3n) is 2.12. The average molecular weight is 257 g/mol. The summed E-state index contributed by atoms with van der Waals surface area (Å²) in [7, 11) is 0. The molecular formula is C13H17ClO3. The highest BCUT2D eigenvalue weighted by Gasteiger charge is 2.18. The van der Waals surface area contributed by atoms with Crippen LogP contribution in [0.15, 0.2) is 18.2 Å². The van der Waals surface area contributed by atoms with Gasteiger partial charge >= 0.3 is 5.97 Å². The highest BCUT2D eigenvalue weighted by Crippen LogP contribution is 2.23. The number of halogens is 1. The summed E-state index contributed by atoms with van der Waals surface area (Å²) in [6, 6.07) is 5.26. The molecule has 1 aromatic carbocycles. The van der Waals surface area contributed by atoms with Gasteiger partial charge in [-0.3, -0.25) is 0 Å². The molecule has 0 radical (unpaired) electrons. The van der Waals surface area contributed by atoms with Gasteiger partial charge in [-0.15, -0.1) is 0 Å². The van der Waals surface area contributed by atoms with E-state index in [1.54, 1.807) is 39.0 Å². The lowest BCUT2D eigenvalue weighted by atomic mass is 10.2. The zero-order valence-corrected chi connectivity index (χ0v) is 11.2. The van der Waals surface area contributed by atoms with Crippen LogP contribution in [0.5, 0.6) is 5.75 Å². The SMILES string of the molecule is Cc1cc(Cl)ccc1O[C@H](C)C(=O)OC(C)C. The second-order valence-corrected chi connectivity index (χ2v) is 4.59. The predicted molar refractivity (Wildman–Crippen MR) is 67.5 cm³/mol. The molecule has 17 heavy (non-hydrogen) atoms. The molecule has 4 heteroatoms. The molecule has 0 unspecified atom stereocenters. The van der Waals surface area contributed by atoms with Gasteiger partial charge < -0.3 is 9.47 Å². The third-order valence-corrected chi connectivity index (χ3v) is 2.36. The van der Waals surface area contributed by atoms with E-state index >= 15 is 0 Å². The Bertz CT molecular complexity index is 402. The van der Waals surface area contributed by atoms with Crippen molar-refractivity contribution in [3.8, 4) is 5.75 Å². The fourth-order valence-corrected chi connectivity index (χ4v) is 1.54. The van der Waals surface area contributed by atoms with Crippen molar-refractivity contribution >= 4 is 17.6 Å². The van der Waals surface area contributed by atoms with Crippen LogP contribution in [0.1, 0.15) is 26.3 Å². The first kappa shape index (κ1) is 13.8. The number of benzene rings is 1. The maximum Gasteiger partial charge on any atom is 0.347 e. The Morgan fingerprint density at radius 3 is 2.47 bits per heavy atom. The van der Waals surface area contributed by atoms with E-state index in [1.807, 2.05) is 6.92 Å². The normalized spacial score (nSPS) is 12.4. The molecular weight excluding hydrogens is 240 g/mol. The molecule has 0 heterocycles. The summed E-state index contributed by atoms with van der Waals surface area (Å²) in [4.78, 5) is 11.6. The number of carbonyl (C=O) groups is 1. The second-order valence-electron chi connectivity index (χ2n) is 4.16. The van der Waals surface area contributed by atoms with Crippen molar-refractivity contribution in [3.63, 3.8) is 0 Å². The number of esters is 1. The molecule has 1 aromatic rings. The number of ether oxygens (including phenoxy) is 2. The Morgan fingerprint density at radius 2 is 1.94 bits per heavy atom. The predicted octanol–water partition coefficient (Wildman–Crippen LogP) is 3.37. The van der Waals surface area contributed by atoms with Gasteiger partial charge in [0.15, 0.2) is 6.10 Å². The molecule has 3 nitrogen and oxygen atoms in total. The van der Waals surface area contributed by atoms with Crippen molar-refractivity contribution < 1.29 is 14.3 Å². The van der Waals surface area contributed by atoms with Crippen LogP contribution in [-0.2, 0) is 9.53 Å². The lowest BCUT2D eigenvalue weighted by Gasteiger charge is -2.17. The first-order valence-electron chi connectivity index (χ1n) is 5.53. The van der Waals surface area contributed by atoms with Crippen LogP contribution in [0.2, 0.25) is 5.02 Å². The summed E-state index contributed by atoms with van der Waals surface area (Å²) in [5, 5.41) is 0.646. The first-order valence-corrected chi connectivity index (χ1v) is 5.91. The van der Waals surface area contributed by atoms with E-state index in [4.69, 9.17) is 21.1 Å². The van der Waals surface area contributed by atoms with Crippen molar-refractivity contribution in [2.45, 2.75) is 39.9 Å². The molecule has 0 fully saturated rings. The Morgan fingerprint density at radius 1 is 1.29 bits per heavy atom. The molecule has 0 aliphatic heterocycles. The van der Waals surface area contributed by atoms with Gasteiger partial charge in [0.1, 0.15) is 5.75 Å². The molecule has 0 N–H and O–H groups in total. The summed E-state index contributed by atoms with van der Waals surface area (Å²) in [5.41, 5.74) is 0.890. The summed E-state index contributed by atoms with van der Waals surface area (Å²) in [6.45, 7) is 7.15. The standard InChI is InChI=1S/C13H17ClO3/c1-8(2)16-13(15)10(4)17-12-6-5-11(14)7-9(12)3/h5-8,10H,1-4H3/t10-/m1/s1. The molecule has 94 valence electrons. The molecule has 0 aliphatic rings. The van der Waals surface area contributed by atoms with Crippen LogP contribution in [0.4, 0.5) is 0 Å². The first-order chi connectivity index (χ1) is 7.90. The summed E-state index contributed by atoms with van der Waals surface area (Å²) in [5.74, 6) is 0.275. The van der Waals surface area contributed by atoms with Gasteiger partial charge in [0.2, 0.25) is 0 Å². The van der Waals surface area contributed by atoms with Crippen LogP contribution in [0.3, 0.4) is 0 Å². The molecule has 1 rings (SSSR count). The summed E-state index contributed by atoms with van der Waals surface area (Å²) in [6.07, 6.45) is -0.767. The quantitative estimate of drug-likeness (QED) is 0.775. The van der Waals surface area contributed by atoms with Gasteiger partial charge in [-0.2, -0.15) is 0 Å². The Labute approximate surface area is 107 Å². The molecule has 0 saturated heterocycles. The molecule has 0 aliphatic carbocycles. The topological polar surface area (TPSA) is 35.5 Å². The monoisotopic (exact) mass is 256 g/mol. The van der Waals surface area contributed by atoms with Gasteiger partial charge in [-0.25, -0.2) is 4.79 Å². The van der Waals surface area contributed by atoms with Crippen molar-refractivity contribution in [2.24, 2.45) is 0 Å². The van der Waals surface area contributed by atoms with E-state index in [0.29, 0.717) is 10.8 Å². The van der Waals surface area contributed by atoms with E-state index in [1.165, 1.54) is 0 Å². The van der Waals surface area contributed by atoms with Gasteiger partial charge in [-0.05, 0) is 51.5 Å².